The fraction of sp³-hybridized carbons (Fsp3) is 0.643. The molecule has 1 aromatic rings. The number of nitrogens with one attached hydrogen (secondary N) is 1. The lowest BCUT2D eigenvalue weighted by Gasteiger charge is -2.23. The molecule has 0 spiro atoms. The van der Waals surface area contributed by atoms with Crippen LogP contribution in [0.15, 0.2) is 12.3 Å². The molecule has 0 saturated heterocycles. The molecule has 0 unspecified atom stereocenters. The second-order valence-corrected chi connectivity index (χ2v) is 5.09. The van der Waals surface area contributed by atoms with Crippen LogP contribution in [0.25, 0.3) is 0 Å². The van der Waals surface area contributed by atoms with Crippen LogP contribution in [-0.4, -0.2) is 25.1 Å². The molecular weight excluding hydrogens is 229 g/mol. The Morgan fingerprint density at radius 1 is 1.44 bits per heavy atom. The maximum atomic E-state index is 13.3. The topological polar surface area (TPSA) is 28.2 Å². The molecule has 102 valence electrons. The highest BCUT2D eigenvalue weighted by Gasteiger charge is 2.11. The van der Waals surface area contributed by atoms with Crippen LogP contribution in [0.4, 0.5) is 10.2 Å². The molecule has 1 N–H and O–H groups in total. The Kier molecular flexibility index (Phi) is 6.05. The zero-order valence-electron chi connectivity index (χ0n) is 11.8. The van der Waals surface area contributed by atoms with E-state index in [1.54, 1.807) is 6.07 Å². The van der Waals surface area contributed by atoms with Crippen LogP contribution in [0.2, 0.25) is 0 Å². The first-order valence-electron chi connectivity index (χ1n) is 6.60. The minimum Gasteiger partial charge on any atom is -0.359 e. The predicted molar refractivity (Wildman–Crippen MR) is 74.3 cm³/mol. The summed E-state index contributed by atoms with van der Waals surface area (Å²) in [6.07, 6.45) is 2.36. The van der Waals surface area contributed by atoms with Crippen molar-refractivity contribution in [2.24, 2.45) is 5.92 Å². The first-order valence-corrected chi connectivity index (χ1v) is 6.60. The molecule has 0 aromatic carbocycles. The van der Waals surface area contributed by atoms with Crippen LogP contribution in [0.3, 0.4) is 0 Å². The zero-order chi connectivity index (χ0) is 13.5. The molecule has 0 aliphatic carbocycles. The Bertz CT molecular complexity index is 366. The van der Waals surface area contributed by atoms with E-state index in [4.69, 9.17) is 0 Å². The van der Waals surface area contributed by atoms with E-state index in [1.165, 1.54) is 6.20 Å². The van der Waals surface area contributed by atoms with E-state index in [1.807, 2.05) is 7.05 Å². The van der Waals surface area contributed by atoms with Gasteiger partial charge < -0.3 is 10.2 Å². The van der Waals surface area contributed by atoms with Gasteiger partial charge in [0.05, 0.1) is 6.20 Å². The van der Waals surface area contributed by atoms with Crippen molar-refractivity contribution in [2.45, 2.75) is 33.7 Å². The third kappa shape index (κ3) is 4.61. The summed E-state index contributed by atoms with van der Waals surface area (Å²) < 4.78 is 13.3. The van der Waals surface area contributed by atoms with Crippen molar-refractivity contribution in [1.29, 1.82) is 0 Å². The summed E-state index contributed by atoms with van der Waals surface area (Å²) in [4.78, 5) is 6.31. The Hall–Kier alpha value is -1.16. The average molecular weight is 253 g/mol. The summed E-state index contributed by atoms with van der Waals surface area (Å²) in [6, 6.07) is 1.57. The van der Waals surface area contributed by atoms with Gasteiger partial charge in [0, 0.05) is 25.7 Å². The molecule has 18 heavy (non-hydrogen) atoms. The van der Waals surface area contributed by atoms with Gasteiger partial charge >= 0.3 is 0 Å². The van der Waals surface area contributed by atoms with E-state index < -0.39 is 0 Å². The Balaban J connectivity index is 2.81. The van der Waals surface area contributed by atoms with Crippen molar-refractivity contribution >= 4 is 5.82 Å². The van der Waals surface area contributed by atoms with Crippen molar-refractivity contribution in [3.8, 4) is 0 Å². The van der Waals surface area contributed by atoms with Gasteiger partial charge in [-0.25, -0.2) is 9.37 Å². The Morgan fingerprint density at radius 3 is 2.78 bits per heavy atom. The van der Waals surface area contributed by atoms with Gasteiger partial charge in [-0.1, -0.05) is 20.8 Å². The Morgan fingerprint density at radius 2 is 2.17 bits per heavy atom. The van der Waals surface area contributed by atoms with Crippen LogP contribution < -0.4 is 10.2 Å². The molecule has 0 radical (unpaired) electrons. The van der Waals surface area contributed by atoms with Crippen LogP contribution in [0, 0.1) is 11.7 Å². The fourth-order valence-corrected chi connectivity index (χ4v) is 1.98. The number of pyridine rings is 1. The van der Waals surface area contributed by atoms with Gasteiger partial charge in [-0.3, -0.25) is 0 Å². The van der Waals surface area contributed by atoms with Gasteiger partial charge in [-0.15, -0.1) is 0 Å². The molecule has 3 nitrogen and oxygen atoms in total. The number of rotatable bonds is 7. The van der Waals surface area contributed by atoms with E-state index in [0.29, 0.717) is 12.5 Å². The summed E-state index contributed by atoms with van der Waals surface area (Å²) in [5.41, 5.74) is 0.923. The molecule has 0 atom stereocenters. The largest absolute Gasteiger partial charge is 0.359 e. The number of hydrogen-bond donors (Lipinski definition) is 1. The molecule has 0 aliphatic rings. The van der Waals surface area contributed by atoms with E-state index in [-0.39, 0.29) is 5.82 Å². The molecule has 1 rings (SSSR count). The van der Waals surface area contributed by atoms with Gasteiger partial charge in [-0.2, -0.15) is 0 Å². The summed E-state index contributed by atoms with van der Waals surface area (Å²) >= 11 is 0. The molecule has 1 heterocycles. The number of aromatic nitrogens is 1. The molecule has 0 amide bonds. The standard InChI is InChI=1S/C14H24FN3/c1-5-6-16-8-12-7-13(15)9-17-14(12)18(4)10-11(2)3/h7,9,11,16H,5-6,8,10H2,1-4H3. The van der Waals surface area contributed by atoms with Crippen LogP contribution >= 0.6 is 0 Å². The maximum absolute atomic E-state index is 13.3. The van der Waals surface area contributed by atoms with Crippen molar-refractivity contribution in [2.75, 3.05) is 25.0 Å². The smallest absolute Gasteiger partial charge is 0.141 e. The minimum absolute atomic E-state index is 0.273. The SMILES string of the molecule is CCCNCc1cc(F)cnc1N(C)CC(C)C. The van der Waals surface area contributed by atoms with Gasteiger partial charge in [-0.05, 0) is 24.9 Å². The van der Waals surface area contributed by atoms with Crippen molar-refractivity contribution in [3.63, 3.8) is 0 Å². The molecule has 4 heteroatoms. The molecule has 0 fully saturated rings. The van der Waals surface area contributed by atoms with E-state index in [2.05, 4.69) is 36.0 Å². The summed E-state index contributed by atoms with van der Waals surface area (Å²) in [5.74, 6) is 1.15. The second kappa shape index (κ2) is 7.31. The number of hydrogen-bond acceptors (Lipinski definition) is 3. The fourth-order valence-electron chi connectivity index (χ4n) is 1.98. The monoisotopic (exact) mass is 253 g/mol. The number of nitrogens with zero attached hydrogens (tertiary/aromatic N) is 2. The first-order chi connectivity index (χ1) is 8.54. The zero-order valence-corrected chi connectivity index (χ0v) is 11.8. The van der Waals surface area contributed by atoms with E-state index >= 15 is 0 Å². The van der Waals surface area contributed by atoms with Crippen LogP contribution in [0.1, 0.15) is 32.8 Å². The van der Waals surface area contributed by atoms with Crippen molar-refractivity contribution < 1.29 is 4.39 Å². The lowest BCUT2D eigenvalue weighted by atomic mass is 10.2. The molecule has 1 aromatic heterocycles. The molecule has 0 bridgehead atoms. The summed E-state index contributed by atoms with van der Waals surface area (Å²) in [7, 11) is 2.00. The van der Waals surface area contributed by atoms with Gasteiger partial charge in [0.15, 0.2) is 0 Å². The normalized spacial score (nSPS) is 11.0. The Labute approximate surface area is 109 Å². The van der Waals surface area contributed by atoms with Crippen LogP contribution in [-0.2, 0) is 6.54 Å². The van der Waals surface area contributed by atoms with Gasteiger partial charge in [0.2, 0.25) is 0 Å². The number of halogens is 1. The molecule has 0 aliphatic heterocycles. The van der Waals surface area contributed by atoms with E-state index in [9.17, 15) is 4.39 Å². The summed E-state index contributed by atoms with van der Waals surface area (Å²) in [5, 5.41) is 3.29. The lowest BCUT2D eigenvalue weighted by molar-refractivity contribution is 0.602. The second-order valence-electron chi connectivity index (χ2n) is 5.09. The third-order valence-electron chi connectivity index (χ3n) is 2.65. The highest BCUT2D eigenvalue weighted by Crippen LogP contribution is 2.18. The summed E-state index contributed by atoms with van der Waals surface area (Å²) in [6.45, 7) is 8.95. The van der Waals surface area contributed by atoms with Gasteiger partial charge in [0.1, 0.15) is 11.6 Å². The molecular formula is C14H24FN3. The highest BCUT2D eigenvalue weighted by atomic mass is 19.1. The first kappa shape index (κ1) is 14.9. The van der Waals surface area contributed by atoms with Crippen LogP contribution in [0.5, 0.6) is 0 Å². The quantitative estimate of drug-likeness (QED) is 0.757. The molecule has 0 saturated carbocycles. The van der Waals surface area contributed by atoms with E-state index in [0.717, 1.165) is 30.9 Å². The highest BCUT2D eigenvalue weighted by molar-refractivity contribution is 5.46. The average Bonchev–Trinajstić information content (AvgIpc) is 2.28. The van der Waals surface area contributed by atoms with Crippen molar-refractivity contribution in [3.05, 3.63) is 23.6 Å². The maximum Gasteiger partial charge on any atom is 0.141 e. The van der Waals surface area contributed by atoms with Gasteiger partial charge in [0.25, 0.3) is 0 Å². The predicted octanol–water partition coefficient (Wildman–Crippen LogP) is 2.81. The van der Waals surface area contributed by atoms with Crippen molar-refractivity contribution in [1.82, 2.24) is 10.3 Å². The third-order valence-corrected chi connectivity index (χ3v) is 2.65. The number of anilines is 1. The lowest BCUT2D eigenvalue weighted by Crippen LogP contribution is -2.26. The minimum atomic E-state index is -0.273.